The van der Waals surface area contributed by atoms with Crippen molar-refractivity contribution in [1.29, 1.82) is 0 Å². The highest BCUT2D eigenvalue weighted by Gasteiger charge is 2.38. The van der Waals surface area contributed by atoms with Crippen LogP contribution in [0.25, 0.3) is 0 Å². The van der Waals surface area contributed by atoms with Crippen molar-refractivity contribution in [3.63, 3.8) is 0 Å². The maximum Gasteiger partial charge on any atom is 0.392 e. The number of ether oxygens (including phenoxy) is 1. The molecule has 2 aliphatic rings. The lowest BCUT2D eigenvalue weighted by Crippen LogP contribution is -2.24. The summed E-state index contributed by atoms with van der Waals surface area (Å²) >= 11 is 0. The molecule has 2 aliphatic carbocycles. The van der Waals surface area contributed by atoms with Crippen molar-refractivity contribution in [2.45, 2.75) is 76.8 Å². The quantitative estimate of drug-likeness (QED) is 0.476. The van der Waals surface area contributed by atoms with E-state index >= 15 is 0 Å². The lowest BCUT2D eigenvalue weighted by atomic mass is 9.71. The Morgan fingerprint density at radius 2 is 1.58 bits per heavy atom. The van der Waals surface area contributed by atoms with Crippen LogP contribution in [-0.2, 0) is 4.74 Å². The van der Waals surface area contributed by atoms with E-state index in [0.717, 1.165) is 24.7 Å². The zero-order valence-electron chi connectivity index (χ0n) is 15.0. The van der Waals surface area contributed by atoms with Gasteiger partial charge in [-0.3, -0.25) is 0 Å². The smallest absolute Gasteiger partial charge is 0.385 e. The average molecular weight is 346 g/mol. The molecule has 140 valence electrons. The fourth-order valence-corrected chi connectivity index (χ4v) is 4.52. The van der Waals surface area contributed by atoms with Gasteiger partial charge in [-0.2, -0.15) is 13.2 Å². The normalized spacial score (nSPS) is 28.3. The molecule has 0 saturated heterocycles. The first kappa shape index (κ1) is 19.8. The summed E-state index contributed by atoms with van der Waals surface area (Å²) in [7, 11) is 1.45. The Bertz CT molecular complexity index is 364. The fourth-order valence-electron chi connectivity index (χ4n) is 4.52. The molecule has 0 heterocycles. The second-order valence-corrected chi connectivity index (χ2v) is 7.76. The zero-order chi connectivity index (χ0) is 17.4. The van der Waals surface area contributed by atoms with Crippen LogP contribution in [0.1, 0.15) is 70.6 Å². The number of hydrogen-bond donors (Lipinski definition) is 0. The summed E-state index contributed by atoms with van der Waals surface area (Å²) in [6, 6.07) is 0. The Kier molecular flexibility index (Phi) is 8.12. The molecule has 0 aromatic heterocycles. The predicted octanol–water partition coefficient (Wildman–Crippen LogP) is 6.53. The zero-order valence-corrected chi connectivity index (χ0v) is 15.0. The number of alkyl halides is 3. The molecule has 0 bridgehead atoms. The van der Waals surface area contributed by atoms with Gasteiger partial charge in [0.25, 0.3) is 0 Å². The monoisotopic (exact) mass is 346 g/mol. The Morgan fingerprint density at radius 3 is 2.17 bits per heavy atom. The number of methoxy groups -OCH3 is 1. The Labute approximate surface area is 145 Å². The van der Waals surface area contributed by atoms with Gasteiger partial charge in [0.15, 0.2) is 0 Å². The minimum absolute atomic E-state index is 0.0543. The largest absolute Gasteiger partial charge is 0.392 e. The summed E-state index contributed by atoms with van der Waals surface area (Å²) in [6.07, 6.45) is 11.7. The van der Waals surface area contributed by atoms with Crippen LogP contribution >= 0.6 is 0 Å². The molecule has 0 aromatic carbocycles. The van der Waals surface area contributed by atoms with Crippen molar-refractivity contribution in [2.75, 3.05) is 13.7 Å². The van der Waals surface area contributed by atoms with Gasteiger partial charge in [-0.15, -0.1) is 0 Å². The molecule has 1 unspecified atom stereocenters. The van der Waals surface area contributed by atoms with Crippen molar-refractivity contribution in [1.82, 2.24) is 0 Å². The predicted molar refractivity (Wildman–Crippen MR) is 91.8 cm³/mol. The lowest BCUT2D eigenvalue weighted by Gasteiger charge is -2.35. The average Bonchev–Trinajstić information content (AvgIpc) is 2.58. The third-order valence-electron chi connectivity index (χ3n) is 6.10. The molecule has 24 heavy (non-hydrogen) atoms. The molecule has 0 spiro atoms. The second kappa shape index (κ2) is 9.84. The number of allylic oxidation sites excluding steroid dienone is 2. The summed E-state index contributed by atoms with van der Waals surface area (Å²) in [5.74, 6) is 1.01. The van der Waals surface area contributed by atoms with E-state index in [2.05, 4.69) is 6.08 Å². The second-order valence-electron chi connectivity index (χ2n) is 7.76. The molecule has 0 amide bonds. The Balaban J connectivity index is 1.72. The van der Waals surface area contributed by atoms with Crippen molar-refractivity contribution in [3.05, 3.63) is 12.2 Å². The SMILES string of the molecule is COCCC(CC=CC1CCC(C2CCCCC2)CC1)C(F)(F)F. The van der Waals surface area contributed by atoms with E-state index in [1.54, 1.807) is 6.08 Å². The van der Waals surface area contributed by atoms with Crippen LogP contribution in [0.15, 0.2) is 12.2 Å². The molecular formula is C20H33F3O. The van der Waals surface area contributed by atoms with Gasteiger partial charge in [0.2, 0.25) is 0 Å². The molecule has 0 aliphatic heterocycles. The summed E-state index contributed by atoms with van der Waals surface area (Å²) in [6.45, 7) is 0.171. The van der Waals surface area contributed by atoms with E-state index in [9.17, 15) is 13.2 Å². The van der Waals surface area contributed by atoms with Gasteiger partial charge in [-0.25, -0.2) is 0 Å². The summed E-state index contributed by atoms with van der Waals surface area (Å²) < 4.78 is 43.7. The summed E-state index contributed by atoms with van der Waals surface area (Å²) in [4.78, 5) is 0. The molecule has 0 N–H and O–H groups in total. The van der Waals surface area contributed by atoms with Gasteiger partial charge in [0.05, 0.1) is 5.92 Å². The molecule has 0 aromatic rings. The van der Waals surface area contributed by atoms with Gasteiger partial charge in [-0.05, 0) is 56.3 Å². The lowest BCUT2D eigenvalue weighted by molar-refractivity contribution is -0.177. The fraction of sp³-hybridized carbons (Fsp3) is 0.900. The first-order valence-electron chi connectivity index (χ1n) is 9.73. The van der Waals surface area contributed by atoms with Crippen LogP contribution in [0, 0.1) is 23.7 Å². The van der Waals surface area contributed by atoms with E-state index < -0.39 is 12.1 Å². The van der Waals surface area contributed by atoms with Crippen molar-refractivity contribution in [2.24, 2.45) is 23.7 Å². The standard InChI is InChI=1S/C20H33F3O/c1-24-15-14-19(20(21,22)23)9-5-6-16-10-12-18(13-11-16)17-7-3-2-4-8-17/h5-6,16-19H,2-4,7-15H2,1H3. The maximum absolute atomic E-state index is 13.0. The first-order valence-corrected chi connectivity index (χ1v) is 9.73. The van der Waals surface area contributed by atoms with Crippen LogP contribution < -0.4 is 0 Å². The van der Waals surface area contributed by atoms with Gasteiger partial charge >= 0.3 is 6.18 Å². The highest BCUT2D eigenvalue weighted by molar-refractivity contribution is 4.94. The van der Waals surface area contributed by atoms with Crippen LogP contribution in [0.3, 0.4) is 0 Å². The van der Waals surface area contributed by atoms with Crippen LogP contribution in [0.4, 0.5) is 13.2 Å². The van der Waals surface area contributed by atoms with E-state index in [4.69, 9.17) is 4.74 Å². The number of halogens is 3. The van der Waals surface area contributed by atoms with Crippen LogP contribution in [-0.4, -0.2) is 19.9 Å². The van der Waals surface area contributed by atoms with E-state index in [0.29, 0.717) is 5.92 Å². The highest BCUT2D eigenvalue weighted by Crippen LogP contribution is 2.40. The van der Waals surface area contributed by atoms with E-state index in [1.165, 1.54) is 52.1 Å². The Hall–Kier alpha value is -0.510. The molecule has 2 fully saturated rings. The van der Waals surface area contributed by atoms with Crippen LogP contribution in [0.5, 0.6) is 0 Å². The van der Waals surface area contributed by atoms with E-state index in [-0.39, 0.29) is 19.4 Å². The number of rotatable bonds is 7. The molecular weight excluding hydrogens is 313 g/mol. The summed E-state index contributed by atoms with van der Waals surface area (Å²) in [5, 5.41) is 0. The maximum atomic E-state index is 13.0. The third-order valence-corrected chi connectivity index (χ3v) is 6.10. The van der Waals surface area contributed by atoms with Gasteiger partial charge < -0.3 is 4.74 Å². The third kappa shape index (κ3) is 6.42. The van der Waals surface area contributed by atoms with Gasteiger partial charge in [0, 0.05) is 13.7 Å². The number of hydrogen-bond acceptors (Lipinski definition) is 1. The van der Waals surface area contributed by atoms with Crippen molar-refractivity contribution in [3.8, 4) is 0 Å². The summed E-state index contributed by atoms with van der Waals surface area (Å²) in [5.41, 5.74) is 0. The van der Waals surface area contributed by atoms with Gasteiger partial charge in [-0.1, -0.05) is 44.3 Å². The molecule has 1 nitrogen and oxygen atoms in total. The molecule has 2 saturated carbocycles. The van der Waals surface area contributed by atoms with Crippen LogP contribution in [0.2, 0.25) is 0 Å². The highest BCUT2D eigenvalue weighted by atomic mass is 19.4. The van der Waals surface area contributed by atoms with Crippen molar-refractivity contribution >= 4 is 0 Å². The van der Waals surface area contributed by atoms with E-state index in [1.807, 2.05) is 0 Å². The minimum atomic E-state index is -4.12. The molecule has 0 radical (unpaired) electrons. The molecule has 4 heteroatoms. The minimum Gasteiger partial charge on any atom is -0.385 e. The first-order chi connectivity index (χ1) is 11.5. The van der Waals surface area contributed by atoms with Gasteiger partial charge in [0.1, 0.15) is 0 Å². The Morgan fingerprint density at radius 1 is 0.958 bits per heavy atom. The molecule has 2 rings (SSSR count). The van der Waals surface area contributed by atoms with Crippen molar-refractivity contribution < 1.29 is 17.9 Å². The topological polar surface area (TPSA) is 9.23 Å². The molecule has 1 atom stereocenters.